The van der Waals surface area contributed by atoms with Gasteiger partial charge in [-0.3, -0.25) is 20.2 Å². The van der Waals surface area contributed by atoms with Gasteiger partial charge in [0, 0.05) is 0 Å². The minimum Gasteiger partial charge on any atom is -0.480 e. The van der Waals surface area contributed by atoms with E-state index in [1.54, 1.807) is 13.8 Å². The smallest absolute Gasteiger partial charge is 0.320 e. The lowest BCUT2D eigenvalue weighted by atomic mass is 10.0. The summed E-state index contributed by atoms with van der Waals surface area (Å²) in [5.41, 5.74) is 4.77. The molecule has 0 heterocycles. The Balaban J connectivity index is 4.40. The van der Waals surface area contributed by atoms with E-state index in [9.17, 15) is 14.4 Å². The standard InChI is InChI=1S/C9H17N3O4/c1-4(2)6(8(14)15)11-5(3)7(13)12-9(10)16/h4-6,11H,1-3H3,(H,14,15)(H3,10,12,13,16). The van der Waals surface area contributed by atoms with Crippen LogP contribution in [0.3, 0.4) is 0 Å². The zero-order chi connectivity index (χ0) is 12.9. The monoisotopic (exact) mass is 231 g/mol. The molecule has 0 fully saturated rings. The summed E-state index contributed by atoms with van der Waals surface area (Å²) in [7, 11) is 0. The molecule has 7 nitrogen and oxygen atoms in total. The summed E-state index contributed by atoms with van der Waals surface area (Å²) in [6.45, 7) is 4.88. The minimum absolute atomic E-state index is 0.179. The summed E-state index contributed by atoms with van der Waals surface area (Å²) in [6.07, 6.45) is 0. The van der Waals surface area contributed by atoms with Gasteiger partial charge in [0.05, 0.1) is 6.04 Å². The first-order valence-corrected chi connectivity index (χ1v) is 4.84. The maximum absolute atomic E-state index is 11.3. The van der Waals surface area contributed by atoms with Crippen molar-refractivity contribution in [1.29, 1.82) is 0 Å². The van der Waals surface area contributed by atoms with Crippen LogP contribution in [0.4, 0.5) is 4.79 Å². The molecule has 2 atom stereocenters. The molecule has 0 bridgehead atoms. The number of aliphatic carboxylic acids is 1. The number of carbonyl (C=O) groups excluding carboxylic acids is 2. The number of carboxylic acids is 1. The predicted octanol–water partition coefficient (Wildman–Crippen LogP) is -0.731. The van der Waals surface area contributed by atoms with E-state index < -0.39 is 30.0 Å². The zero-order valence-corrected chi connectivity index (χ0v) is 9.48. The predicted molar refractivity (Wildman–Crippen MR) is 56.6 cm³/mol. The fraction of sp³-hybridized carbons (Fsp3) is 0.667. The Kier molecular flexibility index (Phi) is 5.44. The van der Waals surface area contributed by atoms with Gasteiger partial charge in [0.1, 0.15) is 6.04 Å². The summed E-state index contributed by atoms with van der Waals surface area (Å²) >= 11 is 0. The van der Waals surface area contributed by atoms with Crippen LogP contribution in [0.5, 0.6) is 0 Å². The highest BCUT2D eigenvalue weighted by Crippen LogP contribution is 2.03. The number of hydrogen-bond donors (Lipinski definition) is 4. The molecule has 0 rings (SSSR count). The van der Waals surface area contributed by atoms with Crippen LogP contribution in [-0.2, 0) is 9.59 Å². The molecular formula is C9H17N3O4. The Bertz CT molecular complexity index is 290. The van der Waals surface area contributed by atoms with E-state index in [-0.39, 0.29) is 5.92 Å². The number of carbonyl (C=O) groups is 3. The summed E-state index contributed by atoms with van der Waals surface area (Å²) < 4.78 is 0. The second kappa shape index (κ2) is 6.06. The number of primary amides is 1. The molecule has 0 radical (unpaired) electrons. The van der Waals surface area contributed by atoms with Crippen molar-refractivity contribution >= 4 is 17.9 Å². The van der Waals surface area contributed by atoms with Crippen molar-refractivity contribution in [3.8, 4) is 0 Å². The minimum atomic E-state index is -1.05. The average Bonchev–Trinajstić information content (AvgIpc) is 2.11. The highest BCUT2D eigenvalue weighted by atomic mass is 16.4. The third-order valence-electron chi connectivity index (χ3n) is 2.00. The molecule has 0 aromatic heterocycles. The number of imide groups is 1. The molecular weight excluding hydrogens is 214 g/mol. The molecule has 0 aliphatic rings. The first-order chi connectivity index (χ1) is 7.25. The number of carboxylic acid groups (broad SMARTS) is 1. The van der Waals surface area contributed by atoms with Gasteiger partial charge in [-0.05, 0) is 12.8 Å². The molecule has 0 spiro atoms. The Hall–Kier alpha value is -1.63. The number of nitrogens with one attached hydrogen (secondary N) is 2. The van der Waals surface area contributed by atoms with Gasteiger partial charge in [0.15, 0.2) is 0 Å². The summed E-state index contributed by atoms with van der Waals surface area (Å²) in [5, 5.41) is 13.3. The highest BCUT2D eigenvalue weighted by Gasteiger charge is 2.25. The van der Waals surface area contributed by atoms with E-state index in [1.807, 2.05) is 5.32 Å². The maximum Gasteiger partial charge on any atom is 0.320 e. The molecule has 92 valence electrons. The van der Waals surface area contributed by atoms with Gasteiger partial charge in [-0.25, -0.2) is 4.79 Å². The molecule has 0 aliphatic heterocycles. The topological polar surface area (TPSA) is 122 Å². The van der Waals surface area contributed by atoms with Crippen LogP contribution in [0.1, 0.15) is 20.8 Å². The van der Waals surface area contributed by atoms with Crippen molar-refractivity contribution in [3.63, 3.8) is 0 Å². The third-order valence-corrected chi connectivity index (χ3v) is 2.00. The largest absolute Gasteiger partial charge is 0.480 e. The molecule has 0 saturated carbocycles. The lowest BCUT2D eigenvalue weighted by Crippen LogP contribution is -2.53. The Morgan fingerprint density at radius 2 is 1.69 bits per heavy atom. The third kappa shape index (κ3) is 4.74. The van der Waals surface area contributed by atoms with Crippen molar-refractivity contribution in [2.24, 2.45) is 11.7 Å². The Morgan fingerprint density at radius 3 is 2.00 bits per heavy atom. The van der Waals surface area contributed by atoms with Gasteiger partial charge >= 0.3 is 12.0 Å². The molecule has 5 N–H and O–H groups in total. The van der Waals surface area contributed by atoms with Crippen molar-refractivity contribution in [2.75, 3.05) is 0 Å². The van der Waals surface area contributed by atoms with E-state index in [4.69, 9.17) is 10.8 Å². The van der Waals surface area contributed by atoms with Crippen molar-refractivity contribution < 1.29 is 19.5 Å². The van der Waals surface area contributed by atoms with Crippen molar-refractivity contribution in [2.45, 2.75) is 32.9 Å². The molecule has 0 aliphatic carbocycles. The lowest BCUT2D eigenvalue weighted by molar-refractivity contribution is -0.141. The summed E-state index contributed by atoms with van der Waals surface area (Å²) in [5.74, 6) is -1.88. The first kappa shape index (κ1) is 14.4. The van der Waals surface area contributed by atoms with Crippen LogP contribution < -0.4 is 16.4 Å². The number of amides is 3. The number of nitrogens with two attached hydrogens (primary N) is 1. The maximum atomic E-state index is 11.3. The van der Waals surface area contributed by atoms with Crippen molar-refractivity contribution in [1.82, 2.24) is 10.6 Å². The zero-order valence-electron chi connectivity index (χ0n) is 9.48. The average molecular weight is 231 g/mol. The molecule has 16 heavy (non-hydrogen) atoms. The quantitative estimate of drug-likeness (QED) is 0.497. The van der Waals surface area contributed by atoms with E-state index >= 15 is 0 Å². The lowest BCUT2D eigenvalue weighted by Gasteiger charge is -2.21. The molecule has 7 heteroatoms. The van der Waals surface area contributed by atoms with Gasteiger partial charge in [-0.15, -0.1) is 0 Å². The molecule has 3 amide bonds. The summed E-state index contributed by atoms with van der Waals surface area (Å²) in [6, 6.07) is -2.63. The van der Waals surface area contributed by atoms with Crippen LogP contribution in [0, 0.1) is 5.92 Å². The van der Waals surface area contributed by atoms with Gasteiger partial charge < -0.3 is 10.8 Å². The fourth-order valence-electron chi connectivity index (χ4n) is 1.12. The van der Waals surface area contributed by atoms with Crippen LogP contribution in [-0.4, -0.2) is 35.1 Å². The molecule has 0 saturated heterocycles. The normalized spacial score (nSPS) is 14.2. The molecule has 2 unspecified atom stereocenters. The first-order valence-electron chi connectivity index (χ1n) is 4.84. The van der Waals surface area contributed by atoms with Crippen LogP contribution in [0.15, 0.2) is 0 Å². The van der Waals surface area contributed by atoms with E-state index in [0.717, 1.165) is 0 Å². The summed E-state index contributed by atoms with van der Waals surface area (Å²) in [4.78, 5) is 32.5. The second-order valence-corrected chi connectivity index (χ2v) is 3.80. The van der Waals surface area contributed by atoms with E-state index in [2.05, 4.69) is 5.32 Å². The second-order valence-electron chi connectivity index (χ2n) is 3.80. The molecule has 0 aromatic carbocycles. The Morgan fingerprint density at radius 1 is 1.19 bits per heavy atom. The number of urea groups is 1. The van der Waals surface area contributed by atoms with Crippen molar-refractivity contribution in [3.05, 3.63) is 0 Å². The van der Waals surface area contributed by atoms with Gasteiger partial charge in [0.25, 0.3) is 0 Å². The fourth-order valence-corrected chi connectivity index (χ4v) is 1.12. The number of hydrogen-bond acceptors (Lipinski definition) is 4. The molecule has 0 aromatic rings. The van der Waals surface area contributed by atoms with Gasteiger partial charge in [-0.2, -0.15) is 0 Å². The van der Waals surface area contributed by atoms with Crippen LogP contribution in [0.2, 0.25) is 0 Å². The van der Waals surface area contributed by atoms with E-state index in [1.165, 1.54) is 6.92 Å². The van der Waals surface area contributed by atoms with Crippen LogP contribution >= 0.6 is 0 Å². The number of rotatable bonds is 5. The Labute approximate surface area is 93.4 Å². The SMILES string of the molecule is CC(NC(C(=O)O)C(C)C)C(=O)NC(N)=O. The highest BCUT2D eigenvalue weighted by molar-refractivity contribution is 5.96. The van der Waals surface area contributed by atoms with Gasteiger partial charge in [0.2, 0.25) is 5.91 Å². The van der Waals surface area contributed by atoms with Gasteiger partial charge in [-0.1, -0.05) is 13.8 Å². The van der Waals surface area contributed by atoms with E-state index in [0.29, 0.717) is 0 Å². The van der Waals surface area contributed by atoms with Crippen LogP contribution in [0.25, 0.3) is 0 Å².